The number of likely N-dealkylation sites (tertiary alicyclic amines) is 1. The number of nitrogens with one attached hydrogen (secondary N) is 3. The number of nitrogens with zero attached hydrogens (tertiary/aromatic N) is 2. The van der Waals surface area contributed by atoms with Gasteiger partial charge in [0.2, 0.25) is 5.91 Å². The van der Waals surface area contributed by atoms with Crippen LogP contribution in [0.5, 0.6) is 0 Å². The first-order chi connectivity index (χ1) is 11.5. The lowest BCUT2D eigenvalue weighted by molar-refractivity contribution is -0.119. The van der Waals surface area contributed by atoms with Gasteiger partial charge in [-0.3, -0.25) is 9.69 Å². The number of ether oxygens (including phenoxy) is 1. The van der Waals surface area contributed by atoms with E-state index in [9.17, 15) is 13.6 Å². The van der Waals surface area contributed by atoms with Crippen molar-refractivity contribution < 1.29 is 18.3 Å². The van der Waals surface area contributed by atoms with Gasteiger partial charge in [-0.05, 0) is 19.8 Å². The summed E-state index contributed by atoms with van der Waals surface area (Å²) in [4.78, 5) is 17.7. The fourth-order valence-corrected chi connectivity index (χ4v) is 2.47. The molecule has 3 N–H and O–H groups in total. The van der Waals surface area contributed by atoms with Crippen molar-refractivity contribution in [1.82, 2.24) is 20.9 Å². The lowest BCUT2D eigenvalue weighted by Crippen LogP contribution is -2.49. The number of carbonyl (C=O) groups excluding carboxylic acids is 1. The molecule has 1 fully saturated rings. The van der Waals surface area contributed by atoms with Gasteiger partial charge in [-0.2, -0.15) is 0 Å². The molecule has 0 aliphatic carbocycles. The summed E-state index contributed by atoms with van der Waals surface area (Å²) < 4.78 is 29.6. The van der Waals surface area contributed by atoms with Gasteiger partial charge in [-0.15, -0.1) is 0 Å². The van der Waals surface area contributed by atoms with Crippen LogP contribution in [0.25, 0.3) is 0 Å². The molecule has 0 aromatic rings. The highest BCUT2D eigenvalue weighted by Gasteiger charge is 2.21. The van der Waals surface area contributed by atoms with Gasteiger partial charge >= 0.3 is 0 Å². The standard InChI is InChI=1S/C15H29F2N5O2/c1-3-18-15(20-10-14(23)19-6-9-24-2)21-12-4-7-22(8-5-12)11-13(16)17/h12-13H,3-11H2,1-2H3,(H,19,23)(H2,18,20,21). The number of hydrogen-bond acceptors (Lipinski definition) is 4. The first-order valence-corrected chi connectivity index (χ1v) is 8.36. The van der Waals surface area contributed by atoms with Crippen molar-refractivity contribution in [2.45, 2.75) is 32.2 Å². The third-order valence-corrected chi connectivity index (χ3v) is 3.68. The Hall–Kier alpha value is -1.48. The van der Waals surface area contributed by atoms with Crippen LogP contribution in [0.4, 0.5) is 8.78 Å². The molecule has 1 aliphatic rings. The number of piperidine rings is 1. The van der Waals surface area contributed by atoms with E-state index >= 15 is 0 Å². The first-order valence-electron chi connectivity index (χ1n) is 8.36. The number of hydrogen-bond donors (Lipinski definition) is 3. The second kappa shape index (κ2) is 12.0. The Morgan fingerprint density at radius 2 is 2.04 bits per heavy atom. The van der Waals surface area contributed by atoms with E-state index in [2.05, 4.69) is 20.9 Å². The fraction of sp³-hybridized carbons (Fsp3) is 0.867. The molecule has 9 heteroatoms. The molecule has 1 rings (SSSR count). The average Bonchev–Trinajstić information content (AvgIpc) is 2.54. The average molecular weight is 349 g/mol. The summed E-state index contributed by atoms with van der Waals surface area (Å²) in [5, 5.41) is 9.07. The molecule has 0 aromatic carbocycles. The van der Waals surface area contributed by atoms with Crippen molar-refractivity contribution in [2.24, 2.45) is 4.99 Å². The molecule has 24 heavy (non-hydrogen) atoms. The first kappa shape index (κ1) is 20.6. The van der Waals surface area contributed by atoms with Crippen LogP contribution in [-0.4, -0.2) is 82.2 Å². The predicted molar refractivity (Wildman–Crippen MR) is 89.5 cm³/mol. The van der Waals surface area contributed by atoms with Crippen LogP contribution < -0.4 is 16.0 Å². The second-order valence-electron chi connectivity index (χ2n) is 5.65. The predicted octanol–water partition coefficient (Wildman–Crippen LogP) is 0.0336. The van der Waals surface area contributed by atoms with E-state index in [0.717, 1.165) is 12.8 Å². The Kier molecular flexibility index (Phi) is 10.3. The molecule has 1 aliphatic heterocycles. The van der Waals surface area contributed by atoms with Gasteiger partial charge in [0, 0.05) is 39.3 Å². The monoisotopic (exact) mass is 349 g/mol. The summed E-state index contributed by atoms with van der Waals surface area (Å²) in [6.45, 7) is 4.69. The minimum absolute atomic E-state index is 0.0310. The summed E-state index contributed by atoms with van der Waals surface area (Å²) in [7, 11) is 1.57. The van der Waals surface area contributed by atoms with E-state index in [1.54, 1.807) is 12.0 Å². The van der Waals surface area contributed by atoms with E-state index in [1.165, 1.54) is 0 Å². The van der Waals surface area contributed by atoms with E-state index in [0.29, 0.717) is 38.7 Å². The molecular weight excluding hydrogens is 320 g/mol. The van der Waals surface area contributed by atoms with Crippen LogP contribution in [0.15, 0.2) is 4.99 Å². The van der Waals surface area contributed by atoms with Gasteiger partial charge in [0.15, 0.2) is 5.96 Å². The van der Waals surface area contributed by atoms with Gasteiger partial charge in [-0.1, -0.05) is 0 Å². The normalized spacial score (nSPS) is 17.1. The van der Waals surface area contributed by atoms with Crippen molar-refractivity contribution in [1.29, 1.82) is 0 Å². The van der Waals surface area contributed by atoms with Crippen molar-refractivity contribution in [3.8, 4) is 0 Å². The summed E-state index contributed by atoms with van der Waals surface area (Å²) in [6, 6.07) is 0.174. The Morgan fingerprint density at radius 1 is 1.33 bits per heavy atom. The second-order valence-corrected chi connectivity index (χ2v) is 5.65. The van der Waals surface area contributed by atoms with Crippen molar-refractivity contribution in [3.05, 3.63) is 0 Å². The van der Waals surface area contributed by atoms with E-state index in [1.807, 2.05) is 6.92 Å². The molecule has 0 saturated carbocycles. The fourth-order valence-electron chi connectivity index (χ4n) is 2.47. The molecule has 0 atom stereocenters. The number of halogens is 2. The van der Waals surface area contributed by atoms with E-state index in [-0.39, 0.29) is 25.0 Å². The molecule has 0 bridgehead atoms. The van der Waals surface area contributed by atoms with Crippen molar-refractivity contribution in [2.75, 3.05) is 53.0 Å². The van der Waals surface area contributed by atoms with Crippen LogP contribution in [0.3, 0.4) is 0 Å². The Balaban J connectivity index is 2.37. The highest BCUT2D eigenvalue weighted by atomic mass is 19.3. The van der Waals surface area contributed by atoms with Gasteiger partial charge in [0.1, 0.15) is 6.54 Å². The number of amides is 1. The summed E-state index contributed by atoms with van der Waals surface area (Å²) in [6.07, 6.45) is -0.737. The zero-order valence-corrected chi connectivity index (χ0v) is 14.5. The smallest absolute Gasteiger partial charge is 0.251 e. The van der Waals surface area contributed by atoms with E-state index < -0.39 is 6.43 Å². The molecular formula is C15H29F2N5O2. The maximum Gasteiger partial charge on any atom is 0.251 e. The zero-order chi connectivity index (χ0) is 17.8. The quantitative estimate of drug-likeness (QED) is 0.311. The van der Waals surface area contributed by atoms with Gasteiger partial charge in [0.05, 0.1) is 13.2 Å². The maximum atomic E-state index is 12.4. The number of methoxy groups -OCH3 is 1. The largest absolute Gasteiger partial charge is 0.383 e. The van der Waals surface area contributed by atoms with Crippen LogP contribution in [0.2, 0.25) is 0 Å². The topological polar surface area (TPSA) is 78.0 Å². The number of guanidine groups is 1. The third-order valence-electron chi connectivity index (χ3n) is 3.68. The van der Waals surface area contributed by atoms with Gasteiger partial charge < -0.3 is 20.7 Å². The molecule has 0 radical (unpaired) electrons. The Morgan fingerprint density at radius 3 is 2.62 bits per heavy atom. The zero-order valence-electron chi connectivity index (χ0n) is 14.5. The molecule has 1 saturated heterocycles. The SMILES string of the molecule is CCNC(=NCC(=O)NCCOC)NC1CCN(CC(F)F)CC1. The summed E-state index contributed by atoms with van der Waals surface area (Å²) in [5.74, 6) is 0.405. The molecule has 140 valence electrons. The number of alkyl halides is 2. The van der Waals surface area contributed by atoms with Crippen LogP contribution in [-0.2, 0) is 9.53 Å². The Labute approximate surface area is 142 Å². The van der Waals surface area contributed by atoms with Gasteiger partial charge in [0.25, 0.3) is 6.43 Å². The molecule has 0 aromatic heterocycles. The highest BCUT2D eigenvalue weighted by Crippen LogP contribution is 2.11. The van der Waals surface area contributed by atoms with E-state index in [4.69, 9.17) is 4.74 Å². The molecule has 1 heterocycles. The van der Waals surface area contributed by atoms with Gasteiger partial charge in [-0.25, -0.2) is 13.8 Å². The third kappa shape index (κ3) is 8.97. The minimum atomic E-state index is -2.29. The van der Waals surface area contributed by atoms with Crippen LogP contribution in [0, 0.1) is 0 Å². The highest BCUT2D eigenvalue weighted by molar-refractivity contribution is 5.85. The molecule has 0 spiro atoms. The maximum absolute atomic E-state index is 12.4. The van der Waals surface area contributed by atoms with Crippen molar-refractivity contribution >= 4 is 11.9 Å². The molecule has 7 nitrogen and oxygen atoms in total. The number of carbonyl (C=O) groups is 1. The number of rotatable bonds is 9. The lowest BCUT2D eigenvalue weighted by atomic mass is 10.1. The molecule has 0 unspecified atom stereocenters. The van der Waals surface area contributed by atoms with Crippen LogP contribution in [0.1, 0.15) is 19.8 Å². The van der Waals surface area contributed by atoms with Crippen LogP contribution >= 0.6 is 0 Å². The molecule has 1 amide bonds. The Bertz CT molecular complexity index is 388. The number of aliphatic imine (C=N–C) groups is 1. The summed E-state index contributed by atoms with van der Waals surface area (Å²) in [5.41, 5.74) is 0. The van der Waals surface area contributed by atoms with Crippen molar-refractivity contribution in [3.63, 3.8) is 0 Å². The summed E-state index contributed by atoms with van der Waals surface area (Å²) >= 11 is 0. The minimum Gasteiger partial charge on any atom is -0.383 e. The lowest BCUT2D eigenvalue weighted by Gasteiger charge is -2.32.